The van der Waals surface area contributed by atoms with E-state index in [0.29, 0.717) is 5.92 Å². The number of rotatable bonds is 5. The molecule has 1 aliphatic heterocycles. The lowest BCUT2D eigenvalue weighted by Crippen LogP contribution is -2.27. The highest BCUT2D eigenvalue weighted by atomic mass is 16.5. The van der Waals surface area contributed by atoms with Gasteiger partial charge in [0.15, 0.2) is 0 Å². The average molecular weight is 311 g/mol. The normalized spacial score (nSPS) is 20.8. The molecule has 0 aliphatic carbocycles. The Labute approximate surface area is 138 Å². The summed E-state index contributed by atoms with van der Waals surface area (Å²) in [4.78, 5) is 0. The van der Waals surface area contributed by atoms with Crippen LogP contribution in [0.2, 0.25) is 0 Å². The highest BCUT2D eigenvalue weighted by Gasteiger charge is 2.28. The molecule has 2 unspecified atom stereocenters. The number of para-hydroxylation sites is 1. The van der Waals surface area contributed by atoms with Gasteiger partial charge in [0.25, 0.3) is 0 Å². The minimum Gasteiger partial charge on any atom is -0.493 e. The predicted molar refractivity (Wildman–Crippen MR) is 94.0 cm³/mol. The van der Waals surface area contributed by atoms with E-state index in [-0.39, 0.29) is 12.1 Å². The number of hydrazine groups is 1. The van der Waals surface area contributed by atoms with Crippen LogP contribution in [0.25, 0.3) is 0 Å². The summed E-state index contributed by atoms with van der Waals surface area (Å²) in [5.74, 6) is 1.48. The molecule has 1 saturated heterocycles. The quantitative estimate of drug-likeness (QED) is 0.739. The van der Waals surface area contributed by atoms with E-state index in [0.717, 1.165) is 24.5 Å². The number of nitrogens with two attached hydrogens (primary N) is 1. The summed E-state index contributed by atoms with van der Waals surface area (Å²) >= 11 is 0. The molecule has 0 aromatic heterocycles. The van der Waals surface area contributed by atoms with E-state index < -0.39 is 0 Å². The Morgan fingerprint density at radius 2 is 1.87 bits per heavy atom. The van der Waals surface area contributed by atoms with Crippen molar-refractivity contribution in [1.82, 2.24) is 10.9 Å². The number of hydrogen-bond acceptors (Lipinski definition) is 4. The first kappa shape index (κ1) is 15.8. The monoisotopic (exact) mass is 311 g/mol. The van der Waals surface area contributed by atoms with Crippen LogP contribution in [0.1, 0.15) is 43.5 Å². The van der Waals surface area contributed by atoms with Gasteiger partial charge in [0.2, 0.25) is 0 Å². The fourth-order valence-corrected chi connectivity index (χ4v) is 2.91. The van der Waals surface area contributed by atoms with Crippen molar-refractivity contribution < 1.29 is 4.74 Å². The van der Waals surface area contributed by atoms with Gasteiger partial charge in [-0.15, -0.1) is 0 Å². The lowest BCUT2D eigenvalue weighted by molar-refractivity contribution is 0.266. The van der Waals surface area contributed by atoms with Gasteiger partial charge in [0.1, 0.15) is 5.75 Å². The number of ether oxygens (including phenoxy) is 1. The van der Waals surface area contributed by atoms with Crippen LogP contribution >= 0.6 is 0 Å². The van der Waals surface area contributed by atoms with Crippen molar-refractivity contribution in [3.05, 3.63) is 59.7 Å². The van der Waals surface area contributed by atoms with Crippen molar-refractivity contribution in [2.75, 3.05) is 12.3 Å². The molecular formula is C19H25N3O. The third-order valence-electron chi connectivity index (χ3n) is 4.08. The minimum absolute atomic E-state index is 0.227. The Balaban J connectivity index is 1.74. The van der Waals surface area contributed by atoms with Crippen LogP contribution in [0.15, 0.2) is 48.5 Å². The second-order valence-electron chi connectivity index (χ2n) is 6.54. The molecule has 4 N–H and O–H groups in total. The number of benzene rings is 2. The zero-order chi connectivity index (χ0) is 16.2. The summed E-state index contributed by atoms with van der Waals surface area (Å²) in [7, 11) is 0. The van der Waals surface area contributed by atoms with Crippen molar-refractivity contribution in [2.24, 2.45) is 5.92 Å². The molecule has 4 heteroatoms. The van der Waals surface area contributed by atoms with Gasteiger partial charge in [-0.1, -0.05) is 44.2 Å². The van der Waals surface area contributed by atoms with Crippen molar-refractivity contribution in [1.29, 1.82) is 0 Å². The van der Waals surface area contributed by atoms with Crippen molar-refractivity contribution in [3.63, 3.8) is 0 Å². The van der Waals surface area contributed by atoms with Crippen molar-refractivity contribution in [3.8, 4) is 5.75 Å². The molecule has 0 radical (unpaired) electrons. The van der Waals surface area contributed by atoms with Gasteiger partial charge >= 0.3 is 0 Å². The second kappa shape index (κ2) is 7.02. The zero-order valence-corrected chi connectivity index (χ0v) is 13.8. The molecule has 0 spiro atoms. The largest absolute Gasteiger partial charge is 0.493 e. The second-order valence-corrected chi connectivity index (χ2v) is 6.54. The van der Waals surface area contributed by atoms with Gasteiger partial charge in [-0.25, -0.2) is 10.9 Å². The molecule has 2 aromatic rings. The van der Waals surface area contributed by atoms with E-state index in [9.17, 15) is 0 Å². The highest BCUT2D eigenvalue weighted by Crippen LogP contribution is 2.35. The molecule has 0 saturated carbocycles. The van der Waals surface area contributed by atoms with Gasteiger partial charge in [0, 0.05) is 17.3 Å². The average Bonchev–Trinajstić information content (AvgIpc) is 3.03. The molecule has 1 fully saturated rings. The van der Waals surface area contributed by atoms with Crippen molar-refractivity contribution in [2.45, 2.75) is 32.4 Å². The van der Waals surface area contributed by atoms with Crippen LogP contribution in [0, 0.1) is 5.92 Å². The van der Waals surface area contributed by atoms with E-state index in [1.54, 1.807) is 0 Å². The molecule has 1 aliphatic rings. The lowest BCUT2D eigenvalue weighted by atomic mass is 9.97. The zero-order valence-electron chi connectivity index (χ0n) is 13.8. The van der Waals surface area contributed by atoms with E-state index in [4.69, 9.17) is 10.5 Å². The van der Waals surface area contributed by atoms with Crippen molar-refractivity contribution >= 4 is 5.69 Å². The first-order valence-corrected chi connectivity index (χ1v) is 8.21. The Bertz CT molecular complexity index is 657. The first-order valence-electron chi connectivity index (χ1n) is 8.21. The minimum atomic E-state index is 0.227. The Morgan fingerprint density at radius 3 is 2.65 bits per heavy atom. The van der Waals surface area contributed by atoms with E-state index >= 15 is 0 Å². The lowest BCUT2D eigenvalue weighted by Gasteiger charge is -2.17. The van der Waals surface area contributed by atoms with Crippen LogP contribution in [0.4, 0.5) is 5.69 Å². The fraction of sp³-hybridized carbons (Fsp3) is 0.368. The van der Waals surface area contributed by atoms with Crippen LogP contribution in [0.3, 0.4) is 0 Å². The maximum Gasteiger partial charge on any atom is 0.124 e. The molecule has 2 aromatic carbocycles. The Morgan fingerprint density at radius 1 is 1.09 bits per heavy atom. The number of nitrogen functional groups attached to an aromatic ring is 1. The van der Waals surface area contributed by atoms with Crippen LogP contribution in [0.5, 0.6) is 5.75 Å². The summed E-state index contributed by atoms with van der Waals surface area (Å²) in [6.45, 7) is 5.05. The highest BCUT2D eigenvalue weighted by molar-refractivity contribution is 5.42. The maximum absolute atomic E-state index is 5.98. The van der Waals surface area contributed by atoms with Gasteiger partial charge in [-0.3, -0.25) is 0 Å². The van der Waals surface area contributed by atoms with E-state index in [1.165, 1.54) is 11.1 Å². The third kappa shape index (κ3) is 3.84. The molecule has 0 bridgehead atoms. The summed E-state index contributed by atoms with van der Waals surface area (Å²) in [5, 5.41) is 0. The fourth-order valence-electron chi connectivity index (χ4n) is 2.91. The molecule has 122 valence electrons. The molecule has 23 heavy (non-hydrogen) atoms. The molecular weight excluding hydrogens is 286 g/mol. The van der Waals surface area contributed by atoms with Crippen LogP contribution < -0.4 is 21.3 Å². The number of anilines is 1. The van der Waals surface area contributed by atoms with E-state index in [1.807, 2.05) is 30.3 Å². The summed E-state index contributed by atoms with van der Waals surface area (Å²) in [5.41, 5.74) is 15.9. The van der Waals surface area contributed by atoms with Gasteiger partial charge in [0.05, 0.1) is 12.6 Å². The molecule has 1 heterocycles. The topological polar surface area (TPSA) is 59.3 Å². The smallest absolute Gasteiger partial charge is 0.124 e. The van der Waals surface area contributed by atoms with Gasteiger partial charge < -0.3 is 10.5 Å². The van der Waals surface area contributed by atoms with Gasteiger partial charge in [-0.05, 0) is 36.1 Å². The summed E-state index contributed by atoms with van der Waals surface area (Å²) < 4.78 is 5.98. The molecule has 4 nitrogen and oxygen atoms in total. The summed E-state index contributed by atoms with van der Waals surface area (Å²) in [6.07, 6.45) is 0.964. The van der Waals surface area contributed by atoms with Gasteiger partial charge in [-0.2, -0.15) is 0 Å². The van der Waals surface area contributed by atoms with Crippen LogP contribution in [-0.4, -0.2) is 6.61 Å². The summed E-state index contributed by atoms with van der Waals surface area (Å²) in [6, 6.07) is 16.8. The van der Waals surface area contributed by atoms with Crippen LogP contribution in [-0.2, 0) is 0 Å². The maximum atomic E-state index is 5.98. The Kier molecular flexibility index (Phi) is 4.84. The Hall–Kier alpha value is -2.04. The SMILES string of the molecule is CC(C)COc1ccccc1C1CC(c2cccc(N)c2)NN1. The number of hydrogen-bond donors (Lipinski definition) is 3. The number of nitrogens with one attached hydrogen (secondary N) is 2. The molecule has 0 amide bonds. The van der Waals surface area contributed by atoms with E-state index in [2.05, 4.69) is 42.9 Å². The molecule has 2 atom stereocenters. The molecule has 3 rings (SSSR count). The standard InChI is InChI=1S/C19H25N3O/c1-13(2)12-23-19-9-4-3-8-16(19)18-11-17(21-22-18)14-6-5-7-15(20)10-14/h3-10,13,17-18,21-22H,11-12,20H2,1-2H3. The first-order chi connectivity index (χ1) is 11.1. The predicted octanol–water partition coefficient (Wildman–Crippen LogP) is 3.58. The third-order valence-corrected chi connectivity index (χ3v) is 4.08.